The van der Waals surface area contributed by atoms with Gasteiger partial charge in [0.1, 0.15) is 12.2 Å². The van der Waals surface area contributed by atoms with Gasteiger partial charge >= 0.3 is 5.97 Å². The smallest absolute Gasteiger partial charge is 0.336 e. The van der Waals surface area contributed by atoms with E-state index in [0.29, 0.717) is 11.1 Å². The number of carboxylic acid groups (broad SMARTS) is 1. The van der Waals surface area contributed by atoms with Crippen molar-refractivity contribution in [3.05, 3.63) is 41.5 Å². The lowest BCUT2D eigenvalue weighted by Gasteiger charge is -2.13. The Morgan fingerprint density at radius 3 is 2.72 bits per heavy atom. The van der Waals surface area contributed by atoms with Crippen LogP contribution < -0.4 is 0 Å². The van der Waals surface area contributed by atoms with Crippen molar-refractivity contribution in [1.82, 2.24) is 14.8 Å². The van der Waals surface area contributed by atoms with Crippen LogP contribution in [0.25, 0.3) is 5.69 Å². The van der Waals surface area contributed by atoms with E-state index in [-0.39, 0.29) is 5.92 Å². The molecule has 0 aliphatic rings. The molecule has 2 rings (SSSR count). The van der Waals surface area contributed by atoms with E-state index in [1.165, 1.54) is 0 Å². The molecule has 0 unspecified atom stereocenters. The second-order valence-corrected chi connectivity index (χ2v) is 4.47. The summed E-state index contributed by atoms with van der Waals surface area (Å²) in [5.74, 6) is 0.120. The summed E-state index contributed by atoms with van der Waals surface area (Å²) in [7, 11) is 0. The molecule has 1 aromatic carbocycles. The number of aromatic nitrogens is 3. The van der Waals surface area contributed by atoms with Crippen LogP contribution in [-0.4, -0.2) is 25.8 Å². The van der Waals surface area contributed by atoms with Crippen molar-refractivity contribution >= 4 is 5.97 Å². The maximum atomic E-state index is 11.1. The van der Waals surface area contributed by atoms with Crippen molar-refractivity contribution in [3.8, 4) is 5.69 Å². The molecule has 0 bridgehead atoms. The number of carboxylic acids is 1. The highest BCUT2D eigenvalue weighted by molar-refractivity contribution is 5.90. The van der Waals surface area contributed by atoms with Gasteiger partial charge in [-0.1, -0.05) is 19.9 Å². The molecule has 2 aromatic rings. The second-order valence-electron chi connectivity index (χ2n) is 4.47. The Kier molecular flexibility index (Phi) is 3.14. The Labute approximate surface area is 105 Å². The van der Waals surface area contributed by atoms with Crippen LogP contribution in [0, 0.1) is 6.92 Å². The van der Waals surface area contributed by atoms with Gasteiger partial charge in [-0.25, -0.2) is 4.79 Å². The molecule has 0 spiro atoms. The maximum Gasteiger partial charge on any atom is 0.336 e. The Bertz CT molecular complexity index is 588. The highest BCUT2D eigenvalue weighted by Gasteiger charge is 2.15. The summed E-state index contributed by atoms with van der Waals surface area (Å²) in [5.41, 5.74) is 1.83. The zero-order valence-corrected chi connectivity index (χ0v) is 10.6. The van der Waals surface area contributed by atoms with Gasteiger partial charge in [0.2, 0.25) is 0 Å². The summed E-state index contributed by atoms with van der Waals surface area (Å²) >= 11 is 0. The quantitative estimate of drug-likeness (QED) is 0.901. The van der Waals surface area contributed by atoms with E-state index in [1.807, 2.05) is 24.5 Å². The van der Waals surface area contributed by atoms with Crippen LogP contribution in [0.5, 0.6) is 0 Å². The van der Waals surface area contributed by atoms with E-state index in [2.05, 4.69) is 10.2 Å². The van der Waals surface area contributed by atoms with Gasteiger partial charge in [-0.15, -0.1) is 10.2 Å². The fourth-order valence-electron chi connectivity index (χ4n) is 1.94. The predicted octanol–water partition coefficient (Wildman–Crippen LogP) is 2.40. The summed E-state index contributed by atoms with van der Waals surface area (Å²) in [6.45, 7) is 5.84. The standard InChI is InChI=1S/C13H15N3O2/c1-8(2)12-15-14-7-16(12)11-6-4-5-10(9(11)3)13(17)18/h4-8H,1-3H3,(H,17,18). The molecule has 0 aliphatic carbocycles. The van der Waals surface area contributed by atoms with Gasteiger partial charge in [0.05, 0.1) is 11.3 Å². The SMILES string of the molecule is Cc1c(C(=O)O)cccc1-n1cnnc1C(C)C. The van der Waals surface area contributed by atoms with Crippen LogP contribution in [0.1, 0.15) is 41.5 Å². The minimum atomic E-state index is -0.923. The third-order valence-electron chi connectivity index (χ3n) is 2.89. The topological polar surface area (TPSA) is 68.0 Å². The number of carbonyl (C=O) groups is 1. The van der Waals surface area contributed by atoms with Crippen LogP contribution in [0.15, 0.2) is 24.5 Å². The van der Waals surface area contributed by atoms with E-state index in [0.717, 1.165) is 11.5 Å². The van der Waals surface area contributed by atoms with Gasteiger partial charge < -0.3 is 5.11 Å². The molecule has 0 radical (unpaired) electrons. The van der Waals surface area contributed by atoms with E-state index < -0.39 is 5.97 Å². The van der Waals surface area contributed by atoms with Crippen LogP contribution in [-0.2, 0) is 0 Å². The van der Waals surface area contributed by atoms with Crippen molar-refractivity contribution in [3.63, 3.8) is 0 Å². The van der Waals surface area contributed by atoms with Gasteiger partial charge in [-0.05, 0) is 24.6 Å². The number of nitrogens with zero attached hydrogens (tertiary/aromatic N) is 3. The third-order valence-corrected chi connectivity index (χ3v) is 2.89. The average Bonchev–Trinajstić information content (AvgIpc) is 2.77. The van der Waals surface area contributed by atoms with Crippen LogP contribution in [0.2, 0.25) is 0 Å². The van der Waals surface area contributed by atoms with E-state index >= 15 is 0 Å². The molecule has 1 N–H and O–H groups in total. The number of hydrogen-bond acceptors (Lipinski definition) is 3. The van der Waals surface area contributed by atoms with Crippen molar-refractivity contribution in [2.24, 2.45) is 0 Å². The Balaban J connectivity index is 2.61. The number of benzene rings is 1. The normalized spacial score (nSPS) is 10.9. The second kappa shape index (κ2) is 4.60. The highest BCUT2D eigenvalue weighted by atomic mass is 16.4. The number of aromatic carboxylic acids is 1. The molecule has 5 nitrogen and oxygen atoms in total. The monoisotopic (exact) mass is 245 g/mol. The van der Waals surface area contributed by atoms with Gasteiger partial charge in [0.25, 0.3) is 0 Å². The average molecular weight is 245 g/mol. The Morgan fingerprint density at radius 2 is 2.11 bits per heavy atom. The molecular formula is C13H15N3O2. The van der Waals surface area contributed by atoms with Crippen LogP contribution in [0.4, 0.5) is 0 Å². The van der Waals surface area contributed by atoms with Crippen molar-refractivity contribution in [2.75, 3.05) is 0 Å². The molecule has 1 aromatic heterocycles. The minimum Gasteiger partial charge on any atom is -0.478 e. The van der Waals surface area contributed by atoms with Gasteiger partial charge in [0, 0.05) is 5.92 Å². The molecule has 18 heavy (non-hydrogen) atoms. The first kappa shape index (κ1) is 12.3. The molecular weight excluding hydrogens is 230 g/mol. The molecule has 5 heteroatoms. The Hall–Kier alpha value is -2.17. The molecule has 0 saturated heterocycles. The third kappa shape index (κ3) is 1.99. The van der Waals surface area contributed by atoms with E-state index in [4.69, 9.17) is 5.11 Å². The zero-order chi connectivity index (χ0) is 13.3. The molecule has 0 fully saturated rings. The van der Waals surface area contributed by atoms with Crippen molar-refractivity contribution < 1.29 is 9.90 Å². The maximum absolute atomic E-state index is 11.1. The lowest BCUT2D eigenvalue weighted by Crippen LogP contribution is -2.07. The summed E-state index contributed by atoms with van der Waals surface area (Å²) in [5, 5.41) is 17.1. The largest absolute Gasteiger partial charge is 0.478 e. The Morgan fingerprint density at radius 1 is 1.39 bits per heavy atom. The molecule has 94 valence electrons. The lowest BCUT2D eigenvalue weighted by atomic mass is 10.1. The van der Waals surface area contributed by atoms with Crippen LogP contribution in [0.3, 0.4) is 0 Å². The minimum absolute atomic E-state index is 0.223. The van der Waals surface area contributed by atoms with E-state index in [1.54, 1.807) is 25.4 Å². The summed E-state index contributed by atoms with van der Waals surface area (Å²) in [6, 6.07) is 5.20. The first-order valence-electron chi connectivity index (χ1n) is 5.75. The first-order chi connectivity index (χ1) is 8.52. The molecule has 0 saturated carbocycles. The summed E-state index contributed by atoms with van der Waals surface area (Å²) in [4.78, 5) is 11.1. The zero-order valence-electron chi connectivity index (χ0n) is 10.6. The molecule has 1 heterocycles. The first-order valence-corrected chi connectivity index (χ1v) is 5.75. The van der Waals surface area contributed by atoms with Crippen molar-refractivity contribution in [2.45, 2.75) is 26.7 Å². The van der Waals surface area contributed by atoms with Crippen molar-refractivity contribution in [1.29, 1.82) is 0 Å². The van der Waals surface area contributed by atoms with Gasteiger partial charge in [0.15, 0.2) is 0 Å². The predicted molar refractivity (Wildman–Crippen MR) is 67.1 cm³/mol. The van der Waals surface area contributed by atoms with Crippen LogP contribution >= 0.6 is 0 Å². The van der Waals surface area contributed by atoms with E-state index in [9.17, 15) is 4.79 Å². The fourth-order valence-corrected chi connectivity index (χ4v) is 1.94. The number of rotatable bonds is 3. The molecule has 0 amide bonds. The number of hydrogen-bond donors (Lipinski definition) is 1. The van der Waals surface area contributed by atoms with Gasteiger partial charge in [-0.2, -0.15) is 0 Å². The van der Waals surface area contributed by atoms with Gasteiger partial charge in [-0.3, -0.25) is 4.57 Å². The highest BCUT2D eigenvalue weighted by Crippen LogP contribution is 2.22. The summed E-state index contributed by atoms with van der Waals surface area (Å²) in [6.07, 6.45) is 1.61. The lowest BCUT2D eigenvalue weighted by molar-refractivity contribution is 0.0696. The molecule has 0 aliphatic heterocycles. The summed E-state index contributed by atoms with van der Waals surface area (Å²) < 4.78 is 1.84. The molecule has 0 atom stereocenters. The fraction of sp³-hybridized carbons (Fsp3) is 0.308.